The largest absolute Gasteiger partial charge is 0.342 e. The Morgan fingerprint density at radius 2 is 1.81 bits per heavy atom. The summed E-state index contributed by atoms with van der Waals surface area (Å²) in [5.41, 5.74) is 2.63. The van der Waals surface area contributed by atoms with Crippen LogP contribution in [0.4, 0.5) is 5.69 Å². The van der Waals surface area contributed by atoms with E-state index in [9.17, 15) is 18.0 Å². The predicted octanol–water partition coefficient (Wildman–Crippen LogP) is 2.37. The molecule has 1 aromatic carbocycles. The van der Waals surface area contributed by atoms with Crippen molar-refractivity contribution >= 4 is 33.0 Å². The molecule has 0 atom stereocenters. The van der Waals surface area contributed by atoms with Crippen LogP contribution in [0.15, 0.2) is 54.9 Å². The average molecular weight is 441 g/mol. The van der Waals surface area contributed by atoms with Crippen LogP contribution in [0.5, 0.6) is 0 Å². The SMILES string of the molecule is CS(=O)(=O)Nc1ccc(C(=O)C2CCN(C(=O)Cc3cnc4ccccn34)CC2)cc1. The summed E-state index contributed by atoms with van der Waals surface area (Å²) in [6.45, 7) is 1.08. The number of hydrogen-bond acceptors (Lipinski definition) is 5. The van der Waals surface area contributed by atoms with Crippen molar-refractivity contribution in [2.75, 3.05) is 24.1 Å². The van der Waals surface area contributed by atoms with Gasteiger partial charge >= 0.3 is 0 Å². The number of nitrogens with zero attached hydrogens (tertiary/aromatic N) is 3. The Morgan fingerprint density at radius 3 is 2.48 bits per heavy atom. The van der Waals surface area contributed by atoms with Gasteiger partial charge in [-0.05, 0) is 49.2 Å². The lowest BCUT2D eigenvalue weighted by molar-refractivity contribution is -0.131. The topological polar surface area (TPSA) is 101 Å². The van der Waals surface area contributed by atoms with E-state index < -0.39 is 10.0 Å². The van der Waals surface area contributed by atoms with Crippen molar-refractivity contribution in [3.8, 4) is 0 Å². The number of pyridine rings is 1. The molecule has 9 heteroatoms. The van der Waals surface area contributed by atoms with Gasteiger partial charge in [-0.2, -0.15) is 0 Å². The van der Waals surface area contributed by atoms with Crippen LogP contribution in [0.3, 0.4) is 0 Å². The molecule has 1 fully saturated rings. The number of sulfonamides is 1. The molecule has 1 aliphatic heterocycles. The number of ketones is 1. The quantitative estimate of drug-likeness (QED) is 0.593. The monoisotopic (exact) mass is 440 g/mol. The second-order valence-electron chi connectivity index (χ2n) is 7.83. The van der Waals surface area contributed by atoms with E-state index in [2.05, 4.69) is 9.71 Å². The fourth-order valence-electron chi connectivity index (χ4n) is 3.93. The summed E-state index contributed by atoms with van der Waals surface area (Å²) in [6, 6.07) is 12.2. The molecule has 1 aliphatic rings. The Balaban J connectivity index is 1.33. The molecule has 3 aromatic rings. The molecule has 4 rings (SSSR count). The number of fused-ring (bicyclic) bond motifs is 1. The van der Waals surface area contributed by atoms with Crippen LogP contribution >= 0.6 is 0 Å². The maximum atomic E-state index is 12.8. The van der Waals surface area contributed by atoms with Crippen molar-refractivity contribution in [1.82, 2.24) is 14.3 Å². The van der Waals surface area contributed by atoms with E-state index >= 15 is 0 Å². The molecule has 0 bridgehead atoms. The maximum absolute atomic E-state index is 12.8. The van der Waals surface area contributed by atoms with Gasteiger partial charge in [-0.1, -0.05) is 6.07 Å². The van der Waals surface area contributed by atoms with E-state index in [0.717, 1.165) is 17.6 Å². The van der Waals surface area contributed by atoms with Crippen molar-refractivity contribution in [3.63, 3.8) is 0 Å². The summed E-state index contributed by atoms with van der Waals surface area (Å²) < 4.78 is 26.9. The molecule has 8 nitrogen and oxygen atoms in total. The summed E-state index contributed by atoms with van der Waals surface area (Å²) >= 11 is 0. The van der Waals surface area contributed by atoms with Gasteiger partial charge in [0.05, 0.1) is 18.4 Å². The highest BCUT2D eigenvalue weighted by atomic mass is 32.2. The van der Waals surface area contributed by atoms with E-state index in [4.69, 9.17) is 0 Å². The fourth-order valence-corrected chi connectivity index (χ4v) is 4.49. The molecular formula is C22H24N4O4S. The Morgan fingerprint density at radius 1 is 1.10 bits per heavy atom. The highest BCUT2D eigenvalue weighted by Gasteiger charge is 2.28. The number of carbonyl (C=O) groups excluding carboxylic acids is 2. The first-order valence-corrected chi connectivity index (χ1v) is 12.0. The first-order valence-electron chi connectivity index (χ1n) is 10.1. The summed E-state index contributed by atoms with van der Waals surface area (Å²) in [7, 11) is -3.35. The molecule has 0 aliphatic carbocycles. The lowest BCUT2D eigenvalue weighted by atomic mass is 9.88. The number of imidazole rings is 1. The number of piperidine rings is 1. The van der Waals surface area contributed by atoms with Crippen molar-refractivity contribution in [2.24, 2.45) is 5.92 Å². The van der Waals surface area contributed by atoms with Gasteiger partial charge < -0.3 is 9.30 Å². The molecule has 0 radical (unpaired) electrons. The third-order valence-electron chi connectivity index (χ3n) is 5.52. The fraction of sp³-hybridized carbons (Fsp3) is 0.318. The smallest absolute Gasteiger partial charge is 0.229 e. The number of benzene rings is 1. The minimum atomic E-state index is -3.35. The van der Waals surface area contributed by atoms with Crippen LogP contribution in [0, 0.1) is 5.92 Å². The van der Waals surface area contributed by atoms with Crippen LogP contribution < -0.4 is 4.72 Å². The number of likely N-dealkylation sites (tertiary alicyclic amines) is 1. The van der Waals surface area contributed by atoms with Crippen LogP contribution in [-0.4, -0.2) is 53.7 Å². The molecule has 1 amide bonds. The van der Waals surface area contributed by atoms with Gasteiger partial charge in [0.25, 0.3) is 0 Å². The van der Waals surface area contributed by atoms with Gasteiger partial charge in [-0.25, -0.2) is 13.4 Å². The standard InChI is InChI=1S/C22H24N4O4S/c1-31(29,30)24-18-7-5-16(6-8-18)22(28)17-9-12-25(13-10-17)21(27)14-19-15-23-20-4-2-3-11-26(19)20/h2-8,11,15,17,24H,9-10,12-14H2,1H3. The first-order chi connectivity index (χ1) is 14.8. The molecule has 2 aromatic heterocycles. The number of aromatic nitrogens is 2. The van der Waals surface area contributed by atoms with E-state index in [1.807, 2.05) is 33.7 Å². The number of rotatable bonds is 6. The third-order valence-corrected chi connectivity index (χ3v) is 6.12. The number of amides is 1. The molecule has 1 saturated heterocycles. The summed E-state index contributed by atoms with van der Waals surface area (Å²) in [6.07, 6.45) is 6.20. The van der Waals surface area contributed by atoms with Crippen LogP contribution in [0.1, 0.15) is 28.9 Å². The minimum Gasteiger partial charge on any atom is -0.342 e. The summed E-state index contributed by atoms with van der Waals surface area (Å²) in [4.78, 5) is 31.7. The minimum absolute atomic E-state index is 0.0276. The lowest BCUT2D eigenvalue weighted by Gasteiger charge is -2.31. The van der Waals surface area contributed by atoms with Crippen molar-refractivity contribution < 1.29 is 18.0 Å². The second kappa shape index (κ2) is 8.50. The summed E-state index contributed by atoms with van der Waals surface area (Å²) in [5.74, 6) is -0.0823. The Labute approximate surface area is 180 Å². The molecular weight excluding hydrogens is 416 g/mol. The van der Waals surface area contributed by atoms with Gasteiger partial charge in [0.2, 0.25) is 15.9 Å². The zero-order valence-corrected chi connectivity index (χ0v) is 18.0. The van der Waals surface area contributed by atoms with Gasteiger partial charge in [0, 0.05) is 42.7 Å². The van der Waals surface area contributed by atoms with Crippen molar-refractivity contribution in [2.45, 2.75) is 19.3 Å². The Hall–Kier alpha value is -3.20. The molecule has 0 unspecified atom stereocenters. The summed E-state index contributed by atoms with van der Waals surface area (Å²) in [5, 5.41) is 0. The normalized spacial score (nSPS) is 15.2. The molecule has 31 heavy (non-hydrogen) atoms. The Kier molecular flexibility index (Phi) is 5.77. The third kappa shape index (κ3) is 4.93. The van der Waals surface area contributed by atoms with Crippen LogP contribution in [0.2, 0.25) is 0 Å². The first kappa shape index (κ1) is 21.0. The predicted molar refractivity (Wildman–Crippen MR) is 117 cm³/mol. The number of Topliss-reactive ketones (excluding diaryl/α,β-unsaturated/α-hetero) is 1. The molecule has 0 saturated carbocycles. The van der Waals surface area contributed by atoms with Crippen LogP contribution in [-0.2, 0) is 21.2 Å². The van der Waals surface area contributed by atoms with Gasteiger partial charge in [-0.15, -0.1) is 0 Å². The zero-order valence-electron chi connectivity index (χ0n) is 17.2. The van der Waals surface area contributed by atoms with Crippen molar-refractivity contribution in [1.29, 1.82) is 0 Å². The van der Waals surface area contributed by atoms with E-state index in [1.54, 1.807) is 30.5 Å². The van der Waals surface area contributed by atoms with E-state index in [0.29, 0.717) is 37.2 Å². The molecule has 3 heterocycles. The molecule has 162 valence electrons. The van der Waals surface area contributed by atoms with Gasteiger partial charge in [-0.3, -0.25) is 14.3 Å². The van der Waals surface area contributed by atoms with Gasteiger partial charge in [0.1, 0.15) is 5.65 Å². The molecule has 1 N–H and O–H groups in total. The van der Waals surface area contributed by atoms with Gasteiger partial charge in [0.15, 0.2) is 5.78 Å². The number of carbonyl (C=O) groups is 2. The number of hydrogen-bond donors (Lipinski definition) is 1. The van der Waals surface area contributed by atoms with Crippen molar-refractivity contribution in [3.05, 3.63) is 66.1 Å². The zero-order chi connectivity index (χ0) is 22.0. The average Bonchev–Trinajstić information content (AvgIpc) is 3.16. The highest BCUT2D eigenvalue weighted by molar-refractivity contribution is 7.92. The number of anilines is 1. The lowest BCUT2D eigenvalue weighted by Crippen LogP contribution is -2.41. The maximum Gasteiger partial charge on any atom is 0.229 e. The molecule has 0 spiro atoms. The Bertz CT molecular complexity index is 1210. The van der Waals surface area contributed by atoms with E-state index in [1.165, 1.54) is 0 Å². The van der Waals surface area contributed by atoms with Crippen LogP contribution in [0.25, 0.3) is 5.65 Å². The second-order valence-corrected chi connectivity index (χ2v) is 9.57. The van der Waals surface area contributed by atoms with E-state index in [-0.39, 0.29) is 24.0 Å². The highest BCUT2D eigenvalue weighted by Crippen LogP contribution is 2.23. The number of nitrogens with one attached hydrogen (secondary N) is 1.